The molecule has 0 spiro atoms. The van der Waals surface area contributed by atoms with E-state index in [9.17, 15) is 13.6 Å². The van der Waals surface area contributed by atoms with Crippen LogP contribution < -0.4 is 14.4 Å². The number of Topliss-reactive ketones (excluding diaryl/α,β-unsaturated/α-hetero) is 1. The molecule has 2 aromatic carbocycles. The zero-order valence-corrected chi connectivity index (χ0v) is 18.4. The highest BCUT2D eigenvalue weighted by molar-refractivity contribution is 6.22. The standard InChI is InChI=1S/C25H25F2NO5/c1-30-22-7-3-14(9-23(22)31-2)18-12-32-25-16(24(18)29)5-8-21-17(25)11-28(13-33-21)15-4-6-19(26)20(27)10-15/h3-4,6-7,9-10,12,16-17,21,25H,5,8,11,13H2,1-2H3. The molecular weight excluding hydrogens is 432 g/mol. The first-order valence-electron chi connectivity index (χ1n) is 10.9. The Hall–Kier alpha value is -3.13. The van der Waals surface area contributed by atoms with Crippen molar-refractivity contribution in [3.8, 4) is 11.5 Å². The molecule has 5 rings (SSSR count). The monoisotopic (exact) mass is 457 g/mol. The maximum atomic E-state index is 13.8. The van der Waals surface area contributed by atoms with E-state index >= 15 is 0 Å². The summed E-state index contributed by atoms with van der Waals surface area (Å²) in [5, 5.41) is 0. The van der Waals surface area contributed by atoms with Crippen LogP contribution in [0.1, 0.15) is 18.4 Å². The number of anilines is 1. The van der Waals surface area contributed by atoms with Crippen molar-refractivity contribution in [1.29, 1.82) is 0 Å². The van der Waals surface area contributed by atoms with E-state index < -0.39 is 11.6 Å². The van der Waals surface area contributed by atoms with Gasteiger partial charge in [0.2, 0.25) is 0 Å². The number of carbonyl (C=O) groups excluding carboxylic acids is 1. The second-order valence-electron chi connectivity index (χ2n) is 8.57. The molecule has 4 unspecified atom stereocenters. The minimum Gasteiger partial charge on any atom is -0.496 e. The Morgan fingerprint density at radius 1 is 1.00 bits per heavy atom. The number of halogens is 2. The molecule has 3 aliphatic rings. The SMILES string of the molecule is COc1ccc(C2=COC3C(CCC4OCN(c5ccc(F)c(F)c5)CC43)C2=O)cc1OC. The molecule has 2 heterocycles. The van der Waals surface area contributed by atoms with Gasteiger partial charge in [-0.3, -0.25) is 4.79 Å². The number of fused-ring (bicyclic) bond motifs is 3. The van der Waals surface area contributed by atoms with Crippen molar-refractivity contribution in [2.75, 3.05) is 32.4 Å². The summed E-state index contributed by atoms with van der Waals surface area (Å²) in [5.41, 5.74) is 1.75. The van der Waals surface area contributed by atoms with Gasteiger partial charge in [-0.25, -0.2) is 8.78 Å². The number of rotatable bonds is 4. The molecule has 2 fully saturated rings. The first-order chi connectivity index (χ1) is 16.0. The van der Waals surface area contributed by atoms with E-state index in [1.165, 1.54) is 18.4 Å². The van der Waals surface area contributed by atoms with Crippen LogP contribution in [0.15, 0.2) is 42.7 Å². The number of allylic oxidation sites excluding steroid dienone is 1. The lowest BCUT2D eigenvalue weighted by Crippen LogP contribution is -2.56. The van der Waals surface area contributed by atoms with E-state index in [0.717, 1.165) is 12.5 Å². The van der Waals surface area contributed by atoms with Crippen molar-refractivity contribution >= 4 is 17.0 Å². The fraction of sp³-hybridized carbons (Fsp3) is 0.400. The van der Waals surface area contributed by atoms with Crippen molar-refractivity contribution in [1.82, 2.24) is 0 Å². The number of ketones is 1. The minimum absolute atomic E-state index is 0.0295. The predicted octanol–water partition coefficient (Wildman–Crippen LogP) is 4.18. The summed E-state index contributed by atoms with van der Waals surface area (Å²) in [5.74, 6) is -1.00. The third kappa shape index (κ3) is 3.82. The van der Waals surface area contributed by atoms with Gasteiger partial charge < -0.3 is 23.8 Å². The summed E-state index contributed by atoms with van der Waals surface area (Å²) in [4.78, 5) is 15.3. The van der Waals surface area contributed by atoms with Gasteiger partial charge in [-0.1, -0.05) is 6.07 Å². The Bertz CT molecular complexity index is 1100. The molecule has 2 aliphatic heterocycles. The lowest BCUT2D eigenvalue weighted by molar-refractivity contribution is -0.140. The zero-order valence-electron chi connectivity index (χ0n) is 18.4. The smallest absolute Gasteiger partial charge is 0.173 e. The fourth-order valence-electron chi connectivity index (χ4n) is 5.11. The van der Waals surface area contributed by atoms with Crippen molar-refractivity contribution in [2.24, 2.45) is 11.8 Å². The van der Waals surface area contributed by atoms with Crippen molar-refractivity contribution in [3.63, 3.8) is 0 Å². The first-order valence-corrected chi connectivity index (χ1v) is 10.9. The van der Waals surface area contributed by atoms with Crippen LogP contribution >= 0.6 is 0 Å². The molecule has 1 saturated carbocycles. The van der Waals surface area contributed by atoms with E-state index in [1.807, 2.05) is 11.0 Å². The molecule has 1 saturated heterocycles. The van der Waals surface area contributed by atoms with Gasteiger partial charge in [0.15, 0.2) is 28.9 Å². The Kier molecular flexibility index (Phi) is 5.70. The average molecular weight is 457 g/mol. The Morgan fingerprint density at radius 3 is 2.58 bits per heavy atom. The Labute approximate surface area is 190 Å². The quantitative estimate of drug-likeness (QED) is 0.687. The second-order valence-corrected chi connectivity index (χ2v) is 8.57. The average Bonchev–Trinajstić information content (AvgIpc) is 2.85. The van der Waals surface area contributed by atoms with Crippen LogP contribution in [-0.2, 0) is 14.3 Å². The Balaban J connectivity index is 1.39. The molecule has 6 nitrogen and oxygen atoms in total. The van der Waals surface area contributed by atoms with E-state index in [0.29, 0.717) is 41.3 Å². The summed E-state index contributed by atoms with van der Waals surface area (Å²) >= 11 is 0. The lowest BCUT2D eigenvalue weighted by Gasteiger charge is -2.48. The van der Waals surface area contributed by atoms with Crippen LogP contribution in [0.25, 0.3) is 5.57 Å². The van der Waals surface area contributed by atoms with Gasteiger partial charge >= 0.3 is 0 Å². The largest absolute Gasteiger partial charge is 0.496 e. The summed E-state index contributed by atoms with van der Waals surface area (Å²) in [6.07, 6.45) is 2.56. The van der Waals surface area contributed by atoms with Gasteiger partial charge in [-0.15, -0.1) is 0 Å². The summed E-state index contributed by atoms with van der Waals surface area (Å²) < 4.78 is 50.0. The number of methoxy groups -OCH3 is 2. The molecule has 8 heteroatoms. The number of carbonyl (C=O) groups is 1. The van der Waals surface area contributed by atoms with E-state index in [4.69, 9.17) is 18.9 Å². The molecule has 0 bridgehead atoms. The summed E-state index contributed by atoms with van der Waals surface area (Å²) in [6.45, 7) is 0.814. The molecule has 33 heavy (non-hydrogen) atoms. The maximum absolute atomic E-state index is 13.8. The highest BCUT2D eigenvalue weighted by Crippen LogP contribution is 2.43. The van der Waals surface area contributed by atoms with Gasteiger partial charge in [-0.2, -0.15) is 0 Å². The van der Waals surface area contributed by atoms with Gasteiger partial charge in [-0.05, 0) is 42.7 Å². The molecule has 174 valence electrons. The van der Waals surface area contributed by atoms with Crippen LogP contribution in [0.2, 0.25) is 0 Å². The molecule has 1 aliphatic carbocycles. The van der Waals surface area contributed by atoms with Crippen molar-refractivity contribution in [3.05, 3.63) is 59.9 Å². The molecule has 2 aromatic rings. The van der Waals surface area contributed by atoms with Gasteiger partial charge in [0.25, 0.3) is 0 Å². The number of ether oxygens (including phenoxy) is 4. The van der Waals surface area contributed by atoms with Crippen LogP contribution in [0.4, 0.5) is 14.5 Å². The third-order valence-corrected chi connectivity index (χ3v) is 6.84. The normalized spacial score (nSPS) is 26.6. The first kappa shape index (κ1) is 21.7. The van der Waals surface area contributed by atoms with Crippen molar-refractivity contribution < 1.29 is 32.5 Å². The third-order valence-electron chi connectivity index (χ3n) is 6.84. The van der Waals surface area contributed by atoms with Gasteiger partial charge in [0.05, 0.1) is 38.1 Å². The molecular formula is C25H25F2NO5. The topological polar surface area (TPSA) is 57.2 Å². The second kappa shape index (κ2) is 8.67. The van der Waals surface area contributed by atoms with Crippen LogP contribution in [0.5, 0.6) is 11.5 Å². The number of benzene rings is 2. The molecule has 0 radical (unpaired) electrons. The fourth-order valence-corrected chi connectivity index (χ4v) is 5.11. The number of hydrogen-bond donors (Lipinski definition) is 0. The van der Waals surface area contributed by atoms with Crippen molar-refractivity contribution in [2.45, 2.75) is 25.0 Å². The Morgan fingerprint density at radius 2 is 1.82 bits per heavy atom. The zero-order chi connectivity index (χ0) is 23.1. The molecule has 0 amide bonds. The minimum atomic E-state index is -0.900. The number of hydrogen-bond acceptors (Lipinski definition) is 6. The van der Waals surface area contributed by atoms with Gasteiger partial charge in [0.1, 0.15) is 12.8 Å². The predicted molar refractivity (Wildman–Crippen MR) is 117 cm³/mol. The van der Waals surface area contributed by atoms with Crippen LogP contribution in [0.3, 0.4) is 0 Å². The van der Waals surface area contributed by atoms with Crippen LogP contribution in [0, 0.1) is 23.5 Å². The lowest BCUT2D eigenvalue weighted by atomic mass is 9.71. The van der Waals surface area contributed by atoms with E-state index in [1.54, 1.807) is 26.4 Å². The molecule has 4 atom stereocenters. The highest BCUT2D eigenvalue weighted by atomic mass is 19.2. The molecule has 0 N–H and O–H groups in total. The highest BCUT2D eigenvalue weighted by Gasteiger charge is 2.49. The maximum Gasteiger partial charge on any atom is 0.173 e. The van der Waals surface area contributed by atoms with E-state index in [2.05, 4.69) is 0 Å². The number of nitrogens with zero attached hydrogens (tertiary/aromatic N) is 1. The van der Waals surface area contributed by atoms with E-state index in [-0.39, 0.29) is 36.6 Å². The summed E-state index contributed by atoms with van der Waals surface area (Å²) in [6, 6.07) is 9.16. The van der Waals surface area contributed by atoms with Crippen LogP contribution in [-0.4, -0.2) is 45.5 Å². The summed E-state index contributed by atoms with van der Waals surface area (Å²) in [7, 11) is 3.11. The molecule has 0 aromatic heterocycles. The van der Waals surface area contributed by atoms with Gasteiger partial charge in [0, 0.05) is 24.2 Å².